The van der Waals surface area contributed by atoms with Crippen LogP contribution in [0.15, 0.2) is 25.6 Å². The monoisotopic (exact) mass is 500 g/mol. The molecule has 0 aromatic heterocycles. The molecule has 1 aromatic carbocycles. The third kappa shape index (κ3) is 3.00. The maximum Gasteiger partial charge on any atom is 0.245 e. The molecule has 0 aliphatic rings. The van der Waals surface area contributed by atoms with E-state index < -0.39 is 3.49 Å². The SMILES string of the molecule is FC(Br)(Br)c1ccc(Br)c(Br)c1Br. The Hall–Kier alpha value is 1.55. The van der Waals surface area contributed by atoms with E-state index >= 15 is 0 Å². The molecule has 0 radical (unpaired) electrons. The normalized spacial score (nSPS) is 11.8. The molecule has 0 amide bonds. The molecule has 0 saturated heterocycles. The molecule has 0 aliphatic heterocycles. The maximum absolute atomic E-state index is 13.5. The molecule has 0 fully saturated rings. The highest BCUT2D eigenvalue weighted by Crippen LogP contribution is 2.46. The van der Waals surface area contributed by atoms with Gasteiger partial charge in [-0.1, -0.05) is 6.07 Å². The molecule has 0 heterocycles. The molecule has 0 N–H and O–H groups in total. The van der Waals surface area contributed by atoms with Gasteiger partial charge in [-0.25, -0.2) is 4.39 Å². The second-order valence-corrected chi connectivity index (χ2v) is 7.91. The molecule has 6 heteroatoms. The highest BCUT2D eigenvalue weighted by atomic mass is 79.9. The van der Waals surface area contributed by atoms with Crippen molar-refractivity contribution in [1.29, 1.82) is 0 Å². The first-order chi connectivity index (χ1) is 5.84. The summed E-state index contributed by atoms with van der Waals surface area (Å²) < 4.78 is 14.1. The number of benzene rings is 1. The lowest BCUT2D eigenvalue weighted by atomic mass is 10.2. The van der Waals surface area contributed by atoms with Crippen LogP contribution in [0.2, 0.25) is 0 Å². The van der Waals surface area contributed by atoms with Gasteiger partial charge in [-0.3, -0.25) is 0 Å². The fourth-order valence-electron chi connectivity index (χ4n) is 0.745. The average Bonchev–Trinajstić information content (AvgIpc) is 1.98. The minimum atomic E-state index is -1.71. The summed E-state index contributed by atoms with van der Waals surface area (Å²) in [6.45, 7) is 0. The third-order valence-corrected chi connectivity index (χ3v) is 5.57. The van der Waals surface area contributed by atoms with Crippen molar-refractivity contribution >= 4 is 79.6 Å². The zero-order valence-corrected chi connectivity index (χ0v) is 13.9. The number of hydrogen-bond acceptors (Lipinski definition) is 0. The van der Waals surface area contributed by atoms with Gasteiger partial charge in [0.25, 0.3) is 0 Å². The molecular weight excluding hydrogens is 503 g/mol. The second-order valence-electron chi connectivity index (χ2n) is 2.22. The Bertz CT molecular complexity index is 330. The molecule has 0 nitrogen and oxygen atoms in total. The summed E-state index contributed by atoms with van der Waals surface area (Å²) in [5, 5.41) is 0. The summed E-state index contributed by atoms with van der Waals surface area (Å²) in [5.41, 5.74) is 0.475. The summed E-state index contributed by atoms with van der Waals surface area (Å²) in [7, 11) is 0. The Morgan fingerprint density at radius 2 is 1.54 bits per heavy atom. The van der Waals surface area contributed by atoms with Gasteiger partial charge in [-0.2, -0.15) is 0 Å². The van der Waals surface area contributed by atoms with E-state index in [1.54, 1.807) is 12.1 Å². The molecule has 72 valence electrons. The fraction of sp³-hybridized carbons (Fsp3) is 0.143. The van der Waals surface area contributed by atoms with Crippen LogP contribution < -0.4 is 0 Å². The molecule has 0 atom stereocenters. The Labute approximate surface area is 117 Å². The molecule has 0 unspecified atom stereocenters. The third-order valence-electron chi connectivity index (χ3n) is 1.34. The fourth-order valence-corrected chi connectivity index (χ4v) is 3.50. The van der Waals surface area contributed by atoms with Crippen molar-refractivity contribution < 1.29 is 4.39 Å². The molecule has 0 spiro atoms. The summed E-state index contributed by atoms with van der Waals surface area (Å²) in [4.78, 5) is 0. The lowest BCUT2D eigenvalue weighted by Crippen LogP contribution is -2.01. The summed E-state index contributed by atoms with van der Waals surface area (Å²) in [6.07, 6.45) is 0. The topological polar surface area (TPSA) is 0 Å². The van der Waals surface area contributed by atoms with E-state index in [0.717, 1.165) is 8.95 Å². The molecule has 1 rings (SSSR count). The smallest absolute Gasteiger partial charge is 0.213 e. The van der Waals surface area contributed by atoms with E-state index in [2.05, 4.69) is 79.6 Å². The molecular formula is C7H2Br5F. The molecule has 0 aliphatic carbocycles. The van der Waals surface area contributed by atoms with Gasteiger partial charge in [0.2, 0.25) is 3.49 Å². The van der Waals surface area contributed by atoms with Crippen molar-refractivity contribution in [2.45, 2.75) is 3.49 Å². The van der Waals surface area contributed by atoms with Crippen LogP contribution in [0.3, 0.4) is 0 Å². The maximum atomic E-state index is 13.5. The summed E-state index contributed by atoms with van der Waals surface area (Å²) in [6, 6.07) is 3.43. The Balaban J connectivity index is 3.35. The van der Waals surface area contributed by atoms with Gasteiger partial charge in [0.1, 0.15) is 0 Å². The highest BCUT2D eigenvalue weighted by Gasteiger charge is 2.27. The highest BCUT2D eigenvalue weighted by molar-refractivity contribution is 9.24. The van der Waals surface area contributed by atoms with Crippen LogP contribution in [0.25, 0.3) is 0 Å². The Morgan fingerprint density at radius 3 is 2.00 bits per heavy atom. The van der Waals surface area contributed by atoms with Crippen LogP contribution >= 0.6 is 79.6 Å². The van der Waals surface area contributed by atoms with Crippen LogP contribution in [-0.2, 0) is 3.49 Å². The van der Waals surface area contributed by atoms with Gasteiger partial charge in [0.05, 0.1) is 0 Å². The van der Waals surface area contributed by atoms with Crippen LogP contribution in [0.1, 0.15) is 5.56 Å². The van der Waals surface area contributed by atoms with Crippen molar-refractivity contribution in [3.8, 4) is 0 Å². The number of hydrogen-bond donors (Lipinski definition) is 0. The standard InChI is InChI=1S/C7H2Br5F/c8-4-2-1-3(7(11,12)13)5(9)6(4)10/h1-2H. The predicted octanol–water partition coefficient (Wildman–Crippen LogP) is 5.84. The van der Waals surface area contributed by atoms with E-state index in [9.17, 15) is 4.39 Å². The van der Waals surface area contributed by atoms with Crippen molar-refractivity contribution in [2.75, 3.05) is 0 Å². The zero-order chi connectivity index (χ0) is 10.2. The van der Waals surface area contributed by atoms with Gasteiger partial charge in [0, 0.05) is 19.0 Å². The number of halogens is 6. The second kappa shape index (κ2) is 4.60. The lowest BCUT2D eigenvalue weighted by Gasteiger charge is -2.14. The van der Waals surface area contributed by atoms with Crippen LogP contribution in [0, 0.1) is 0 Å². The summed E-state index contributed by atoms with van der Waals surface area (Å²) in [5.74, 6) is 0. The van der Waals surface area contributed by atoms with E-state index in [-0.39, 0.29) is 0 Å². The van der Waals surface area contributed by atoms with Gasteiger partial charge >= 0.3 is 0 Å². The minimum absolute atomic E-state index is 0.475. The summed E-state index contributed by atoms with van der Waals surface area (Å²) >= 11 is 15.7. The average molecular weight is 505 g/mol. The van der Waals surface area contributed by atoms with Crippen LogP contribution in [0.5, 0.6) is 0 Å². The van der Waals surface area contributed by atoms with Crippen molar-refractivity contribution in [3.05, 3.63) is 31.1 Å². The van der Waals surface area contributed by atoms with Crippen molar-refractivity contribution in [3.63, 3.8) is 0 Å². The van der Waals surface area contributed by atoms with Crippen LogP contribution in [-0.4, -0.2) is 0 Å². The molecule has 1 aromatic rings. The first-order valence-corrected chi connectivity index (χ1v) is 7.01. The Morgan fingerprint density at radius 1 is 1.00 bits per heavy atom. The lowest BCUT2D eigenvalue weighted by molar-refractivity contribution is 0.443. The van der Waals surface area contributed by atoms with E-state index in [0.29, 0.717) is 10.0 Å². The van der Waals surface area contributed by atoms with Crippen molar-refractivity contribution in [2.24, 2.45) is 0 Å². The quantitative estimate of drug-likeness (QED) is 0.333. The predicted molar refractivity (Wildman–Crippen MR) is 70.2 cm³/mol. The van der Waals surface area contributed by atoms with E-state index in [1.165, 1.54) is 0 Å². The molecule has 13 heavy (non-hydrogen) atoms. The first kappa shape index (κ1) is 12.6. The largest absolute Gasteiger partial charge is 0.245 e. The van der Waals surface area contributed by atoms with Crippen molar-refractivity contribution in [1.82, 2.24) is 0 Å². The van der Waals surface area contributed by atoms with E-state index in [4.69, 9.17) is 0 Å². The molecule has 0 bridgehead atoms. The zero-order valence-electron chi connectivity index (χ0n) is 5.92. The minimum Gasteiger partial charge on any atom is -0.213 e. The van der Waals surface area contributed by atoms with Crippen LogP contribution in [0.4, 0.5) is 4.39 Å². The number of rotatable bonds is 1. The Kier molecular flexibility index (Phi) is 4.46. The molecule has 0 saturated carbocycles. The van der Waals surface area contributed by atoms with Gasteiger partial charge in [-0.05, 0) is 85.7 Å². The first-order valence-electron chi connectivity index (χ1n) is 3.04. The van der Waals surface area contributed by atoms with E-state index in [1.807, 2.05) is 0 Å². The van der Waals surface area contributed by atoms with Gasteiger partial charge < -0.3 is 0 Å². The van der Waals surface area contributed by atoms with Gasteiger partial charge in [0.15, 0.2) is 0 Å². The van der Waals surface area contributed by atoms with Gasteiger partial charge in [-0.15, -0.1) is 0 Å². The number of alkyl halides is 3.